The lowest BCUT2D eigenvalue weighted by Crippen LogP contribution is -2.40. The van der Waals surface area contributed by atoms with E-state index in [1.54, 1.807) is 4.90 Å². The van der Waals surface area contributed by atoms with Gasteiger partial charge in [0.2, 0.25) is 5.91 Å². The van der Waals surface area contributed by atoms with E-state index in [0.29, 0.717) is 13.0 Å². The van der Waals surface area contributed by atoms with Gasteiger partial charge in [-0.1, -0.05) is 48.5 Å². The normalized spacial score (nSPS) is 17.7. The Balaban J connectivity index is 1.24. The van der Waals surface area contributed by atoms with E-state index in [4.69, 9.17) is 9.84 Å². The quantitative estimate of drug-likeness (QED) is 0.523. The molecule has 1 saturated heterocycles. The zero-order chi connectivity index (χ0) is 24.1. The Labute approximate surface area is 198 Å². The van der Waals surface area contributed by atoms with Crippen LogP contribution in [0.1, 0.15) is 49.1 Å². The number of carboxylic acids is 1. The van der Waals surface area contributed by atoms with E-state index in [2.05, 4.69) is 17.4 Å². The number of likely N-dealkylation sites (tertiary alicyclic amines) is 1. The Hall–Kier alpha value is -3.39. The van der Waals surface area contributed by atoms with Gasteiger partial charge in [0.15, 0.2) is 0 Å². The van der Waals surface area contributed by atoms with Gasteiger partial charge in [-0.2, -0.15) is 0 Å². The molecule has 8 nitrogen and oxygen atoms in total. The number of nitrogens with one attached hydrogen (secondary N) is 1. The van der Waals surface area contributed by atoms with E-state index < -0.39 is 18.2 Å². The minimum atomic E-state index is -1.05. The number of alkyl carbamates (subject to hydrolysis) is 1. The molecule has 1 heterocycles. The van der Waals surface area contributed by atoms with Crippen molar-refractivity contribution in [2.24, 2.45) is 0 Å². The molecule has 2 amide bonds. The summed E-state index contributed by atoms with van der Waals surface area (Å²) in [7, 11) is 0. The second-order valence-electron chi connectivity index (χ2n) is 8.88. The number of benzene rings is 2. The van der Waals surface area contributed by atoms with Gasteiger partial charge in [0, 0.05) is 31.5 Å². The molecule has 2 aromatic carbocycles. The highest BCUT2D eigenvalue weighted by Gasteiger charge is 2.31. The molecule has 0 bridgehead atoms. The van der Waals surface area contributed by atoms with Crippen LogP contribution in [-0.4, -0.2) is 64.9 Å². The molecule has 0 saturated carbocycles. The molecule has 8 heteroatoms. The highest BCUT2D eigenvalue weighted by Crippen LogP contribution is 2.44. The highest BCUT2D eigenvalue weighted by molar-refractivity contribution is 5.79. The van der Waals surface area contributed by atoms with E-state index in [1.807, 2.05) is 36.4 Å². The third-order valence-electron chi connectivity index (χ3n) is 6.62. The number of carbonyl (C=O) groups excluding carboxylic acids is 2. The maximum atomic E-state index is 12.6. The second kappa shape index (κ2) is 10.7. The fraction of sp³-hybridized carbons (Fsp3) is 0.423. The molecule has 2 aromatic rings. The molecule has 2 aliphatic rings. The van der Waals surface area contributed by atoms with Crippen LogP contribution in [0.2, 0.25) is 0 Å². The molecule has 1 aliphatic heterocycles. The van der Waals surface area contributed by atoms with Gasteiger partial charge in [0.1, 0.15) is 6.61 Å². The molecule has 3 N–H and O–H groups in total. The van der Waals surface area contributed by atoms with Crippen LogP contribution in [-0.2, 0) is 14.3 Å². The fourth-order valence-electron chi connectivity index (χ4n) is 5.00. The number of rotatable bonds is 9. The molecule has 2 atom stereocenters. The summed E-state index contributed by atoms with van der Waals surface area (Å²) in [6, 6.07) is 16.0. The van der Waals surface area contributed by atoms with Gasteiger partial charge >= 0.3 is 12.1 Å². The van der Waals surface area contributed by atoms with Crippen LogP contribution in [0.4, 0.5) is 4.79 Å². The monoisotopic (exact) mass is 466 g/mol. The molecule has 1 fully saturated rings. The maximum absolute atomic E-state index is 12.6. The Morgan fingerprint density at radius 2 is 1.71 bits per heavy atom. The van der Waals surface area contributed by atoms with Gasteiger partial charge in [-0.25, -0.2) is 4.79 Å². The van der Waals surface area contributed by atoms with Crippen molar-refractivity contribution in [3.8, 4) is 11.1 Å². The van der Waals surface area contributed by atoms with Gasteiger partial charge in [0.25, 0.3) is 0 Å². The zero-order valence-electron chi connectivity index (χ0n) is 19.0. The summed E-state index contributed by atoms with van der Waals surface area (Å²) < 4.78 is 5.45. The van der Waals surface area contributed by atoms with Gasteiger partial charge in [0.05, 0.1) is 12.5 Å². The molecular weight excluding hydrogens is 436 g/mol. The van der Waals surface area contributed by atoms with Crippen LogP contribution in [0.3, 0.4) is 0 Å². The van der Waals surface area contributed by atoms with E-state index in [1.165, 1.54) is 0 Å². The third kappa shape index (κ3) is 5.39. The summed E-state index contributed by atoms with van der Waals surface area (Å²) in [5, 5.41) is 21.7. The summed E-state index contributed by atoms with van der Waals surface area (Å²) in [6.45, 7) is 0.639. The molecule has 180 valence electrons. The first-order valence-electron chi connectivity index (χ1n) is 11.7. The van der Waals surface area contributed by atoms with Crippen LogP contribution in [0.25, 0.3) is 11.1 Å². The number of ether oxygens (including phenoxy) is 1. The minimum Gasteiger partial charge on any atom is -0.481 e. The number of nitrogens with zero attached hydrogens (tertiary/aromatic N) is 1. The van der Waals surface area contributed by atoms with E-state index in [-0.39, 0.29) is 43.9 Å². The smallest absolute Gasteiger partial charge is 0.407 e. The predicted octanol–water partition coefficient (Wildman–Crippen LogP) is 3.13. The van der Waals surface area contributed by atoms with Crippen molar-refractivity contribution < 1.29 is 29.3 Å². The molecular formula is C26H30N2O6. The molecule has 0 aromatic heterocycles. The lowest BCUT2D eigenvalue weighted by molar-refractivity contribution is -0.139. The number of aliphatic hydroxyl groups excluding tert-OH is 1. The Kier molecular flexibility index (Phi) is 7.47. The van der Waals surface area contributed by atoms with Crippen LogP contribution in [0.15, 0.2) is 48.5 Å². The Bertz CT molecular complexity index is 1010. The highest BCUT2D eigenvalue weighted by atomic mass is 16.5. The summed E-state index contributed by atoms with van der Waals surface area (Å²) in [5.74, 6) is -1.16. The molecule has 0 spiro atoms. The van der Waals surface area contributed by atoms with Crippen LogP contribution in [0, 0.1) is 0 Å². The Morgan fingerprint density at radius 3 is 2.35 bits per heavy atom. The van der Waals surface area contributed by atoms with E-state index in [0.717, 1.165) is 35.1 Å². The van der Waals surface area contributed by atoms with Crippen molar-refractivity contribution in [1.82, 2.24) is 10.2 Å². The number of carboxylic acid groups (broad SMARTS) is 1. The van der Waals surface area contributed by atoms with Crippen molar-refractivity contribution in [2.75, 3.05) is 19.7 Å². The molecule has 2 unspecified atom stereocenters. The van der Waals surface area contributed by atoms with Gasteiger partial charge in [-0.15, -0.1) is 0 Å². The SMILES string of the molecule is O=C(O)CCC1CCCN1C(=O)CC(O)CNC(=O)OCC1c2ccccc2-c2ccccc21. The second-order valence-corrected chi connectivity index (χ2v) is 8.88. The molecule has 34 heavy (non-hydrogen) atoms. The first-order valence-corrected chi connectivity index (χ1v) is 11.7. The van der Waals surface area contributed by atoms with Crippen LogP contribution in [0.5, 0.6) is 0 Å². The number of fused-ring (bicyclic) bond motifs is 3. The number of carbonyl (C=O) groups is 3. The van der Waals surface area contributed by atoms with Gasteiger partial charge in [-0.05, 0) is 41.5 Å². The summed E-state index contributed by atoms with van der Waals surface area (Å²) in [4.78, 5) is 37.3. The fourth-order valence-corrected chi connectivity index (χ4v) is 5.00. The van der Waals surface area contributed by atoms with Crippen molar-refractivity contribution in [2.45, 2.75) is 50.2 Å². The third-order valence-corrected chi connectivity index (χ3v) is 6.62. The lowest BCUT2D eigenvalue weighted by atomic mass is 9.98. The number of aliphatic hydroxyl groups is 1. The van der Waals surface area contributed by atoms with Crippen LogP contribution >= 0.6 is 0 Å². The largest absolute Gasteiger partial charge is 0.481 e. The number of hydrogen-bond donors (Lipinski definition) is 3. The van der Waals surface area contributed by atoms with Crippen molar-refractivity contribution in [1.29, 1.82) is 0 Å². The molecule has 4 rings (SSSR count). The number of aliphatic carboxylic acids is 1. The lowest BCUT2D eigenvalue weighted by Gasteiger charge is -2.25. The average molecular weight is 467 g/mol. The first kappa shape index (κ1) is 23.8. The topological polar surface area (TPSA) is 116 Å². The first-order chi connectivity index (χ1) is 16.4. The van der Waals surface area contributed by atoms with Gasteiger partial charge < -0.3 is 25.2 Å². The minimum absolute atomic E-state index is 0.0142. The summed E-state index contributed by atoms with van der Waals surface area (Å²) in [5.41, 5.74) is 4.52. The van der Waals surface area contributed by atoms with Gasteiger partial charge in [-0.3, -0.25) is 9.59 Å². The van der Waals surface area contributed by atoms with E-state index >= 15 is 0 Å². The predicted molar refractivity (Wildman–Crippen MR) is 125 cm³/mol. The van der Waals surface area contributed by atoms with Crippen molar-refractivity contribution >= 4 is 18.0 Å². The number of hydrogen-bond acceptors (Lipinski definition) is 5. The summed E-state index contributed by atoms with van der Waals surface area (Å²) >= 11 is 0. The Morgan fingerprint density at radius 1 is 1.06 bits per heavy atom. The standard InChI is InChI=1S/C26H30N2O6/c29-18(14-24(30)28-13-5-6-17(28)11-12-25(31)32)15-27-26(33)34-16-23-21-9-3-1-7-19(21)20-8-2-4-10-22(20)23/h1-4,7-10,17-18,23,29H,5-6,11-16H2,(H,27,33)(H,31,32). The number of amides is 2. The van der Waals surface area contributed by atoms with Crippen molar-refractivity contribution in [3.63, 3.8) is 0 Å². The van der Waals surface area contributed by atoms with Crippen LogP contribution < -0.4 is 5.32 Å². The summed E-state index contributed by atoms with van der Waals surface area (Å²) in [6.07, 6.45) is 0.197. The average Bonchev–Trinajstić information content (AvgIpc) is 3.43. The van der Waals surface area contributed by atoms with Crippen molar-refractivity contribution in [3.05, 3.63) is 59.7 Å². The zero-order valence-corrected chi connectivity index (χ0v) is 19.0. The molecule has 0 radical (unpaired) electrons. The molecule has 1 aliphatic carbocycles. The van der Waals surface area contributed by atoms with E-state index in [9.17, 15) is 19.5 Å². The maximum Gasteiger partial charge on any atom is 0.407 e.